The van der Waals surface area contributed by atoms with Gasteiger partial charge in [-0.15, -0.1) is 0 Å². The van der Waals surface area contributed by atoms with Gasteiger partial charge in [-0.05, 0) is 0 Å². The van der Waals surface area contributed by atoms with Gasteiger partial charge in [0.05, 0.1) is 0 Å². The zero-order chi connectivity index (χ0) is 2.71. The summed E-state index contributed by atoms with van der Waals surface area (Å²) in [7, 11) is 0. The summed E-state index contributed by atoms with van der Waals surface area (Å²) in [6.45, 7) is 0. The minimum atomic E-state index is 0. The third-order valence-corrected chi connectivity index (χ3v) is 0. The van der Waals surface area contributed by atoms with Crippen LogP contribution in [-0.2, 0) is 43.4 Å². The zero-order valence-corrected chi connectivity index (χ0v) is 5.88. The molecule has 0 aliphatic heterocycles. The number of rotatable bonds is 0. The van der Waals surface area contributed by atoms with Crippen molar-refractivity contribution in [2.24, 2.45) is 0 Å². The molecular formula is CHAu2KN. The van der Waals surface area contributed by atoms with E-state index in [9.17, 15) is 0 Å². The van der Waals surface area contributed by atoms with Gasteiger partial charge in [-0.2, -0.15) is 0 Å². The van der Waals surface area contributed by atoms with Gasteiger partial charge in [0.25, 0.3) is 0 Å². The first kappa shape index (κ1) is 15.6. The standard InChI is InChI=1S/CN.2Au.K.H/c1-2;;;;. The van der Waals surface area contributed by atoms with Crippen LogP contribution < -0.4 is 0 Å². The molecule has 1 nitrogen and oxygen atoms in total. The monoisotopic (exact) mass is 460 g/mol. The molecule has 0 aromatic heterocycles. The van der Waals surface area contributed by atoms with Crippen LogP contribution in [0.15, 0.2) is 0 Å². The molecule has 0 N–H and O–H groups in total. The molecule has 0 atom stereocenters. The van der Waals surface area contributed by atoms with Crippen LogP contribution in [0.4, 0.5) is 0 Å². The topological polar surface area (TPSA) is 23.8 Å². The van der Waals surface area contributed by atoms with E-state index in [4.69, 9.17) is 5.26 Å². The quantitative estimate of drug-likeness (QED) is 0.442. The van der Waals surface area contributed by atoms with E-state index in [2.05, 4.69) is 0 Å². The first-order chi connectivity index (χ1) is 1.41. The first-order valence-corrected chi connectivity index (χ1v) is 1.46. The average Bonchev–Trinajstić information content (AvgIpc) is 0.918. The molecule has 1 radical (unpaired) electrons. The molecule has 0 saturated carbocycles. The second-order valence-electron chi connectivity index (χ2n) is 0.0674. The van der Waals surface area contributed by atoms with Crippen LogP contribution in [0.25, 0.3) is 0 Å². The van der Waals surface area contributed by atoms with Crippen LogP contribution in [0.5, 0.6) is 0 Å². The molecule has 4 heteroatoms. The molecule has 0 heterocycles. The van der Waals surface area contributed by atoms with Gasteiger partial charge < -0.3 is 0 Å². The number of nitrogens with zero attached hydrogens (tertiary/aromatic N) is 1. The van der Waals surface area contributed by atoms with E-state index in [1.165, 1.54) is 0 Å². The van der Waals surface area contributed by atoms with Gasteiger partial charge in [0.2, 0.25) is 0 Å². The van der Waals surface area contributed by atoms with E-state index >= 15 is 0 Å². The second-order valence-corrected chi connectivity index (χ2v) is 0.552. The van der Waals surface area contributed by atoms with Crippen molar-refractivity contribution in [2.75, 3.05) is 0 Å². The Morgan fingerprint density at radius 1 is 1.60 bits per heavy atom. The third-order valence-electron chi connectivity index (χ3n) is 0. The summed E-state index contributed by atoms with van der Waals surface area (Å²) >= 11 is 1.73. The van der Waals surface area contributed by atoms with Crippen molar-refractivity contribution in [1.29, 1.82) is 5.26 Å². The first-order valence-electron chi connectivity index (χ1n) is 0.374. The Morgan fingerprint density at radius 2 is 1.60 bits per heavy atom. The molecule has 0 saturated heterocycles. The Kier molecular flexibility index (Phi) is 50.0. The SMILES string of the molecule is N#[C][Au].[Au].[KH]. The summed E-state index contributed by atoms with van der Waals surface area (Å²) in [5.41, 5.74) is 0. The van der Waals surface area contributed by atoms with Crippen molar-refractivity contribution in [3.05, 3.63) is 0 Å². The molecule has 0 fully saturated rings. The van der Waals surface area contributed by atoms with Crippen LogP contribution in [-0.4, -0.2) is 51.4 Å². The zero-order valence-electron chi connectivity index (χ0n) is 1.55. The molecule has 5 heavy (non-hydrogen) atoms. The van der Waals surface area contributed by atoms with Crippen LogP contribution in [0.2, 0.25) is 0 Å². The van der Waals surface area contributed by atoms with E-state index in [1.807, 2.05) is 0 Å². The Bertz CT molecular complexity index is 31.1. The van der Waals surface area contributed by atoms with Crippen molar-refractivity contribution >= 4 is 51.4 Å². The number of nitriles is 1. The second kappa shape index (κ2) is 16.0. The fourth-order valence-corrected chi connectivity index (χ4v) is 0. The van der Waals surface area contributed by atoms with E-state index in [0.717, 1.165) is 0 Å². The fourth-order valence-electron chi connectivity index (χ4n) is 0. The summed E-state index contributed by atoms with van der Waals surface area (Å²) in [6.07, 6.45) is 0. The van der Waals surface area contributed by atoms with Gasteiger partial charge in [0.15, 0.2) is 0 Å². The van der Waals surface area contributed by atoms with Crippen molar-refractivity contribution in [3.8, 4) is 4.29 Å². The minimum absolute atomic E-state index is 0. The van der Waals surface area contributed by atoms with Gasteiger partial charge in [-0.1, -0.05) is 0 Å². The summed E-state index contributed by atoms with van der Waals surface area (Å²) in [6, 6.07) is 0. The van der Waals surface area contributed by atoms with Crippen LogP contribution >= 0.6 is 0 Å². The van der Waals surface area contributed by atoms with Crippen molar-refractivity contribution < 1.29 is 43.4 Å². The summed E-state index contributed by atoms with van der Waals surface area (Å²) in [4.78, 5) is 0. The van der Waals surface area contributed by atoms with Crippen molar-refractivity contribution in [3.63, 3.8) is 0 Å². The van der Waals surface area contributed by atoms with Crippen LogP contribution in [0.3, 0.4) is 0 Å². The molecule has 0 aromatic rings. The predicted molar refractivity (Wildman–Crippen MR) is 12.8 cm³/mol. The van der Waals surface area contributed by atoms with Crippen molar-refractivity contribution in [1.82, 2.24) is 0 Å². The Balaban J connectivity index is -0.0000000200. The molecule has 0 rings (SSSR count). The fraction of sp³-hybridized carbons (Fsp3) is 0. The van der Waals surface area contributed by atoms with Crippen LogP contribution in [0.1, 0.15) is 0 Å². The third kappa shape index (κ3) is 20.6. The Labute approximate surface area is 102 Å². The number of hydrogen-bond acceptors (Lipinski definition) is 1. The molecule has 0 aliphatic carbocycles. The van der Waals surface area contributed by atoms with Crippen molar-refractivity contribution in [2.45, 2.75) is 0 Å². The molecule has 0 bridgehead atoms. The van der Waals surface area contributed by atoms with Crippen LogP contribution in [0, 0.1) is 9.55 Å². The van der Waals surface area contributed by atoms with Gasteiger partial charge >= 0.3 is 82.0 Å². The molecule has 0 spiro atoms. The van der Waals surface area contributed by atoms with Gasteiger partial charge in [0.1, 0.15) is 0 Å². The van der Waals surface area contributed by atoms with E-state index < -0.39 is 0 Å². The summed E-state index contributed by atoms with van der Waals surface area (Å²) in [5.74, 6) is 0. The maximum atomic E-state index is 7.29. The van der Waals surface area contributed by atoms with Gasteiger partial charge in [-0.25, -0.2) is 0 Å². The molecule has 0 unspecified atom stereocenters. The summed E-state index contributed by atoms with van der Waals surface area (Å²) in [5, 5.41) is 7.29. The maximum absolute atomic E-state index is 7.29. The molecule has 0 aromatic carbocycles. The average molecular weight is 460 g/mol. The van der Waals surface area contributed by atoms with E-state index in [-0.39, 0.29) is 73.8 Å². The molecule has 0 aliphatic rings. The molecule has 0 amide bonds. The Hall–Kier alpha value is 2.61. The molecule has 33 valence electrons. The van der Waals surface area contributed by atoms with Gasteiger partial charge in [0, 0.05) is 22.4 Å². The van der Waals surface area contributed by atoms with E-state index in [1.54, 1.807) is 25.4 Å². The summed E-state index contributed by atoms with van der Waals surface area (Å²) < 4.78 is 1.69. The van der Waals surface area contributed by atoms with Gasteiger partial charge in [-0.3, -0.25) is 0 Å². The number of hydrogen-bond donors (Lipinski definition) is 0. The predicted octanol–water partition coefficient (Wildman–Crippen LogP) is -0.637. The molecular weight excluding hydrogens is 459 g/mol. The van der Waals surface area contributed by atoms with E-state index in [0.29, 0.717) is 0 Å². The normalized spacial score (nSPS) is 1.80. The Morgan fingerprint density at radius 3 is 1.60 bits per heavy atom.